The Labute approximate surface area is 193 Å². The summed E-state index contributed by atoms with van der Waals surface area (Å²) >= 11 is 3.17. The van der Waals surface area contributed by atoms with Gasteiger partial charge in [0, 0.05) is 11.3 Å². The number of benzene rings is 1. The van der Waals surface area contributed by atoms with E-state index in [1.54, 1.807) is 41.9 Å². The van der Waals surface area contributed by atoms with Gasteiger partial charge in [0.05, 0.1) is 36.8 Å². The van der Waals surface area contributed by atoms with Gasteiger partial charge in [0.25, 0.3) is 5.91 Å². The number of thiophene rings is 2. The standard InChI is InChI=1S/C23H22N2O5S2/c1-28-18-6-2-3-7-19(18)29-11-10-23(27)30-15-22(26)25-17(21-9-5-13-32-21)14-16(24-25)20-8-4-12-31-20/h2-9,12-13,17H,10-11,14-15H2,1H3. The molecule has 0 saturated carbocycles. The first kappa shape index (κ1) is 22.0. The van der Waals surface area contributed by atoms with Crippen LogP contribution in [0.25, 0.3) is 0 Å². The molecule has 1 aliphatic rings. The molecule has 0 aliphatic carbocycles. The van der Waals surface area contributed by atoms with Crippen LogP contribution in [0.2, 0.25) is 0 Å². The quantitative estimate of drug-likeness (QED) is 0.430. The number of esters is 1. The Morgan fingerprint density at radius 1 is 1.06 bits per heavy atom. The molecule has 0 fully saturated rings. The third kappa shape index (κ3) is 5.17. The first-order chi connectivity index (χ1) is 15.7. The molecule has 0 spiro atoms. The first-order valence-electron chi connectivity index (χ1n) is 10.0. The van der Waals surface area contributed by atoms with E-state index in [-0.39, 0.29) is 31.6 Å². The van der Waals surface area contributed by atoms with Crippen LogP contribution in [0.15, 0.2) is 64.4 Å². The van der Waals surface area contributed by atoms with E-state index in [1.807, 2.05) is 47.2 Å². The van der Waals surface area contributed by atoms with Crippen LogP contribution in [-0.4, -0.2) is 42.9 Å². The topological polar surface area (TPSA) is 77.4 Å². The van der Waals surface area contributed by atoms with Gasteiger partial charge in [-0.1, -0.05) is 24.3 Å². The summed E-state index contributed by atoms with van der Waals surface area (Å²) in [5.41, 5.74) is 0.864. The lowest BCUT2D eigenvalue weighted by molar-refractivity contribution is -0.153. The predicted octanol–water partition coefficient (Wildman–Crippen LogP) is 4.51. The number of ether oxygens (including phenoxy) is 3. The molecule has 7 nitrogen and oxygen atoms in total. The van der Waals surface area contributed by atoms with Crippen molar-refractivity contribution in [2.45, 2.75) is 18.9 Å². The van der Waals surface area contributed by atoms with E-state index in [1.165, 1.54) is 5.01 Å². The van der Waals surface area contributed by atoms with E-state index in [2.05, 4.69) is 5.10 Å². The minimum Gasteiger partial charge on any atom is -0.493 e. The Morgan fingerprint density at radius 3 is 2.56 bits per heavy atom. The number of para-hydroxylation sites is 2. The highest BCUT2D eigenvalue weighted by Crippen LogP contribution is 2.36. The molecule has 0 bridgehead atoms. The molecule has 0 radical (unpaired) electrons. The molecule has 2 aromatic heterocycles. The zero-order valence-corrected chi connectivity index (χ0v) is 19.1. The highest BCUT2D eigenvalue weighted by molar-refractivity contribution is 7.12. The number of methoxy groups -OCH3 is 1. The van der Waals surface area contributed by atoms with Gasteiger partial charge in [0.1, 0.15) is 0 Å². The molecule has 3 aromatic rings. The Morgan fingerprint density at radius 2 is 1.84 bits per heavy atom. The summed E-state index contributed by atoms with van der Waals surface area (Å²) in [6.07, 6.45) is 0.650. The molecular weight excluding hydrogens is 448 g/mol. The lowest BCUT2D eigenvalue weighted by Gasteiger charge is -2.20. The number of amides is 1. The Kier molecular flexibility index (Phi) is 7.18. The van der Waals surface area contributed by atoms with Crippen molar-refractivity contribution in [2.24, 2.45) is 5.10 Å². The molecule has 1 aliphatic heterocycles. The van der Waals surface area contributed by atoms with Crippen molar-refractivity contribution in [3.8, 4) is 11.5 Å². The van der Waals surface area contributed by atoms with Crippen LogP contribution >= 0.6 is 22.7 Å². The predicted molar refractivity (Wildman–Crippen MR) is 123 cm³/mol. The summed E-state index contributed by atoms with van der Waals surface area (Å²) in [4.78, 5) is 27.1. The lowest BCUT2D eigenvalue weighted by Crippen LogP contribution is -2.31. The van der Waals surface area contributed by atoms with Gasteiger partial charge in [-0.3, -0.25) is 9.59 Å². The van der Waals surface area contributed by atoms with Gasteiger partial charge >= 0.3 is 5.97 Å². The summed E-state index contributed by atoms with van der Waals surface area (Å²) < 4.78 is 16.0. The van der Waals surface area contributed by atoms with Crippen molar-refractivity contribution in [3.63, 3.8) is 0 Å². The van der Waals surface area contributed by atoms with Crippen molar-refractivity contribution < 1.29 is 23.8 Å². The number of rotatable bonds is 9. The second-order valence-corrected chi connectivity index (χ2v) is 8.83. The monoisotopic (exact) mass is 470 g/mol. The van der Waals surface area contributed by atoms with Gasteiger partial charge in [0.15, 0.2) is 18.1 Å². The minimum atomic E-state index is -0.512. The van der Waals surface area contributed by atoms with E-state index in [9.17, 15) is 9.59 Å². The molecule has 32 heavy (non-hydrogen) atoms. The van der Waals surface area contributed by atoms with E-state index in [0.717, 1.165) is 15.5 Å². The molecule has 1 amide bonds. The Balaban J connectivity index is 1.32. The van der Waals surface area contributed by atoms with Crippen LogP contribution in [-0.2, 0) is 14.3 Å². The van der Waals surface area contributed by atoms with E-state index >= 15 is 0 Å². The normalized spacial score (nSPS) is 15.3. The number of hydrazone groups is 1. The van der Waals surface area contributed by atoms with E-state index in [0.29, 0.717) is 17.9 Å². The minimum absolute atomic E-state index is 0.0173. The van der Waals surface area contributed by atoms with Gasteiger partial charge in [-0.2, -0.15) is 5.10 Å². The lowest BCUT2D eigenvalue weighted by atomic mass is 10.1. The summed E-state index contributed by atoms with van der Waals surface area (Å²) in [5, 5.41) is 9.96. The van der Waals surface area contributed by atoms with Crippen molar-refractivity contribution in [1.29, 1.82) is 0 Å². The third-order valence-electron chi connectivity index (χ3n) is 4.83. The van der Waals surface area contributed by atoms with Gasteiger partial charge in [0.2, 0.25) is 0 Å². The zero-order chi connectivity index (χ0) is 22.3. The smallest absolute Gasteiger partial charge is 0.309 e. The van der Waals surface area contributed by atoms with Crippen molar-refractivity contribution >= 4 is 40.3 Å². The highest BCUT2D eigenvalue weighted by atomic mass is 32.1. The van der Waals surface area contributed by atoms with Crippen LogP contribution in [0.1, 0.15) is 28.6 Å². The fraction of sp³-hybridized carbons (Fsp3) is 0.261. The number of nitrogens with zero attached hydrogens (tertiary/aromatic N) is 2. The fourth-order valence-electron chi connectivity index (χ4n) is 3.30. The van der Waals surface area contributed by atoms with Gasteiger partial charge < -0.3 is 14.2 Å². The van der Waals surface area contributed by atoms with Crippen LogP contribution in [0.5, 0.6) is 11.5 Å². The van der Waals surface area contributed by atoms with Gasteiger partial charge in [-0.05, 0) is 35.0 Å². The molecule has 166 valence electrons. The largest absolute Gasteiger partial charge is 0.493 e. The van der Waals surface area contributed by atoms with Crippen LogP contribution in [0.4, 0.5) is 0 Å². The Bertz CT molecular complexity index is 1080. The summed E-state index contributed by atoms with van der Waals surface area (Å²) in [6.45, 7) is -0.244. The molecule has 0 saturated heterocycles. The zero-order valence-electron chi connectivity index (χ0n) is 17.4. The van der Waals surface area contributed by atoms with Crippen molar-refractivity contribution in [1.82, 2.24) is 5.01 Å². The molecule has 0 N–H and O–H groups in total. The van der Waals surface area contributed by atoms with Crippen LogP contribution in [0, 0.1) is 0 Å². The molecule has 3 heterocycles. The average Bonchev–Trinajstić information content (AvgIpc) is 3.58. The third-order valence-corrected chi connectivity index (χ3v) is 6.72. The second kappa shape index (κ2) is 10.4. The number of hydrogen-bond donors (Lipinski definition) is 0. The molecule has 1 aromatic carbocycles. The summed E-state index contributed by atoms with van der Waals surface area (Å²) in [7, 11) is 1.55. The molecule has 1 unspecified atom stereocenters. The van der Waals surface area contributed by atoms with Crippen LogP contribution < -0.4 is 9.47 Å². The average molecular weight is 471 g/mol. The molecule has 4 rings (SSSR count). The van der Waals surface area contributed by atoms with Gasteiger partial charge in [-0.25, -0.2) is 5.01 Å². The van der Waals surface area contributed by atoms with Gasteiger partial charge in [-0.15, -0.1) is 22.7 Å². The highest BCUT2D eigenvalue weighted by Gasteiger charge is 2.34. The summed E-state index contributed by atoms with van der Waals surface area (Å²) in [5.74, 6) is 0.269. The van der Waals surface area contributed by atoms with E-state index in [4.69, 9.17) is 14.2 Å². The molecule has 9 heteroatoms. The number of carbonyl (C=O) groups excluding carboxylic acids is 2. The number of hydrogen-bond acceptors (Lipinski definition) is 8. The maximum Gasteiger partial charge on any atom is 0.309 e. The molecular formula is C23H22N2O5S2. The second-order valence-electron chi connectivity index (χ2n) is 6.91. The van der Waals surface area contributed by atoms with Crippen LogP contribution in [0.3, 0.4) is 0 Å². The SMILES string of the molecule is COc1ccccc1OCCC(=O)OCC(=O)N1N=C(c2cccs2)CC1c1cccs1. The Hall–Kier alpha value is -3.17. The first-order valence-corrected chi connectivity index (χ1v) is 11.8. The summed E-state index contributed by atoms with van der Waals surface area (Å²) in [6, 6.07) is 14.9. The van der Waals surface area contributed by atoms with Crippen molar-refractivity contribution in [3.05, 3.63) is 69.0 Å². The van der Waals surface area contributed by atoms with E-state index < -0.39 is 5.97 Å². The van der Waals surface area contributed by atoms with Crippen molar-refractivity contribution in [2.75, 3.05) is 20.3 Å². The maximum atomic E-state index is 12.9. The fourth-order valence-corrected chi connectivity index (χ4v) is 4.83. The maximum absolute atomic E-state index is 12.9. The number of carbonyl (C=O) groups is 2. The molecule has 1 atom stereocenters.